The van der Waals surface area contributed by atoms with Crippen molar-refractivity contribution < 1.29 is 4.79 Å². The van der Waals surface area contributed by atoms with Gasteiger partial charge in [0.05, 0.1) is 22.0 Å². The number of anilines is 1. The van der Waals surface area contributed by atoms with E-state index in [1.807, 2.05) is 26.1 Å². The molecule has 3 rings (SSSR count). The molecule has 0 atom stereocenters. The fourth-order valence-electron chi connectivity index (χ4n) is 2.19. The van der Waals surface area contributed by atoms with E-state index in [9.17, 15) is 4.79 Å². The minimum Gasteiger partial charge on any atom is -0.321 e. The molecule has 1 amide bonds. The van der Waals surface area contributed by atoms with Gasteiger partial charge in [0.2, 0.25) is 0 Å². The fourth-order valence-corrected chi connectivity index (χ4v) is 2.37. The van der Waals surface area contributed by atoms with Crippen LogP contribution in [0, 0.1) is 6.92 Å². The van der Waals surface area contributed by atoms with Crippen LogP contribution in [-0.2, 0) is 7.05 Å². The Hall–Kier alpha value is -2.40. The van der Waals surface area contributed by atoms with Crippen molar-refractivity contribution in [1.29, 1.82) is 0 Å². The molecule has 6 heteroatoms. The third-order valence-electron chi connectivity index (χ3n) is 3.25. The summed E-state index contributed by atoms with van der Waals surface area (Å²) in [6.45, 7) is 1.89. The molecule has 0 aliphatic carbocycles. The number of fused-ring (bicyclic) bond motifs is 1. The molecule has 0 unspecified atom stereocenters. The van der Waals surface area contributed by atoms with Crippen LogP contribution in [0.5, 0.6) is 0 Å². The van der Waals surface area contributed by atoms with Gasteiger partial charge < -0.3 is 5.32 Å². The normalized spacial score (nSPS) is 10.8. The van der Waals surface area contributed by atoms with Crippen LogP contribution in [0.15, 0.2) is 36.5 Å². The number of pyridine rings is 1. The van der Waals surface area contributed by atoms with E-state index in [0.717, 1.165) is 16.7 Å². The van der Waals surface area contributed by atoms with E-state index in [1.165, 1.54) is 6.20 Å². The number of para-hydroxylation sites is 1. The van der Waals surface area contributed by atoms with Gasteiger partial charge in [-0.1, -0.05) is 23.7 Å². The molecule has 0 radical (unpaired) electrons. The molecule has 106 valence electrons. The van der Waals surface area contributed by atoms with E-state index in [-0.39, 0.29) is 5.91 Å². The summed E-state index contributed by atoms with van der Waals surface area (Å²) in [6.07, 6.45) is 1.54. The number of carbonyl (C=O) groups excluding carboxylic acids is 1. The van der Waals surface area contributed by atoms with Gasteiger partial charge in [-0.2, -0.15) is 5.10 Å². The number of rotatable bonds is 2. The molecule has 3 aromatic rings. The third kappa shape index (κ3) is 2.48. The lowest BCUT2D eigenvalue weighted by Gasteiger charge is -2.06. The summed E-state index contributed by atoms with van der Waals surface area (Å²) in [6, 6.07) is 8.89. The molecule has 0 fully saturated rings. The largest absolute Gasteiger partial charge is 0.321 e. The van der Waals surface area contributed by atoms with Crippen LogP contribution < -0.4 is 5.32 Å². The maximum atomic E-state index is 12.3. The molecule has 0 bridgehead atoms. The first-order chi connectivity index (χ1) is 10.1. The summed E-state index contributed by atoms with van der Waals surface area (Å²) in [4.78, 5) is 16.6. The molecular weight excluding hydrogens is 288 g/mol. The zero-order chi connectivity index (χ0) is 15.0. The molecule has 0 saturated heterocycles. The highest BCUT2D eigenvalue weighted by Gasteiger charge is 2.12. The van der Waals surface area contributed by atoms with Gasteiger partial charge in [0.1, 0.15) is 0 Å². The maximum absolute atomic E-state index is 12.3. The van der Waals surface area contributed by atoms with Crippen LogP contribution in [-0.4, -0.2) is 20.7 Å². The number of aryl methyl sites for hydroxylation is 2. The van der Waals surface area contributed by atoms with Gasteiger partial charge in [0, 0.05) is 18.6 Å². The van der Waals surface area contributed by atoms with Crippen molar-refractivity contribution in [3.05, 3.63) is 52.8 Å². The van der Waals surface area contributed by atoms with Crippen LogP contribution in [0.4, 0.5) is 5.69 Å². The lowest BCUT2D eigenvalue weighted by atomic mass is 10.2. The van der Waals surface area contributed by atoms with Crippen molar-refractivity contribution in [2.75, 3.05) is 5.32 Å². The highest BCUT2D eigenvalue weighted by molar-refractivity contribution is 6.33. The minimum absolute atomic E-state index is 0.249. The number of hydrogen-bond donors (Lipinski definition) is 1. The lowest BCUT2D eigenvalue weighted by Crippen LogP contribution is -2.12. The SMILES string of the molecule is Cc1nn(C)c2ncc(C(=O)Nc3ccccc3Cl)cc12. The van der Waals surface area contributed by atoms with Gasteiger partial charge in [-0.3, -0.25) is 9.48 Å². The average molecular weight is 301 g/mol. The van der Waals surface area contributed by atoms with E-state index < -0.39 is 0 Å². The summed E-state index contributed by atoms with van der Waals surface area (Å²) in [5, 5.41) is 8.43. The fraction of sp³-hybridized carbons (Fsp3) is 0.133. The second kappa shape index (κ2) is 5.18. The zero-order valence-corrected chi connectivity index (χ0v) is 12.3. The van der Waals surface area contributed by atoms with Gasteiger partial charge in [0.15, 0.2) is 5.65 Å². The van der Waals surface area contributed by atoms with E-state index in [2.05, 4.69) is 15.4 Å². The van der Waals surface area contributed by atoms with Crippen LogP contribution in [0.1, 0.15) is 16.1 Å². The number of benzene rings is 1. The minimum atomic E-state index is -0.249. The summed E-state index contributed by atoms with van der Waals surface area (Å²) >= 11 is 6.04. The molecule has 21 heavy (non-hydrogen) atoms. The molecule has 0 aliphatic heterocycles. The molecular formula is C15H13ClN4O. The monoisotopic (exact) mass is 300 g/mol. The lowest BCUT2D eigenvalue weighted by molar-refractivity contribution is 0.102. The standard InChI is InChI=1S/C15H13ClN4O/c1-9-11-7-10(8-17-14(11)20(2)19-9)15(21)18-13-6-4-3-5-12(13)16/h3-8H,1-2H3,(H,18,21). The predicted octanol–water partition coefficient (Wildman–Crippen LogP) is 3.18. The third-order valence-corrected chi connectivity index (χ3v) is 3.58. The van der Waals surface area contributed by atoms with Crippen LogP contribution >= 0.6 is 11.6 Å². The highest BCUT2D eigenvalue weighted by Crippen LogP contribution is 2.22. The molecule has 0 spiro atoms. The zero-order valence-electron chi connectivity index (χ0n) is 11.6. The summed E-state index contributed by atoms with van der Waals surface area (Å²) in [5.41, 5.74) is 2.64. The van der Waals surface area contributed by atoms with Gasteiger partial charge in [-0.05, 0) is 25.1 Å². The van der Waals surface area contributed by atoms with Crippen molar-refractivity contribution in [3.63, 3.8) is 0 Å². The molecule has 1 aromatic carbocycles. The van der Waals surface area contributed by atoms with Crippen molar-refractivity contribution in [3.8, 4) is 0 Å². The Morgan fingerprint density at radius 1 is 1.33 bits per heavy atom. The summed E-state index contributed by atoms with van der Waals surface area (Å²) in [7, 11) is 1.83. The van der Waals surface area contributed by atoms with Gasteiger partial charge in [0.25, 0.3) is 5.91 Å². The quantitative estimate of drug-likeness (QED) is 0.790. The Kier molecular flexibility index (Phi) is 3.35. The molecule has 0 aliphatic rings. The van der Waals surface area contributed by atoms with Crippen molar-refractivity contribution in [2.45, 2.75) is 6.92 Å². The Morgan fingerprint density at radius 3 is 2.86 bits per heavy atom. The van der Waals surface area contributed by atoms with Crippen molar-refractivity contribution >= 4 is 34.2 Å². The smallest absolute Gasteiger partial charge is 0.257 e. The number of nitrogens with one attached hydrogen (secondary N) is 1. The van der Waals surface area contributed by atoms with Gasteiger partial charge in [-0.15, -0.1) is 0 Å². The Labute approximate surface area is 126 Å². The Balaban J connectivity index is 1.95. The first-order valence-corrected chi connectivity index (χ1v) is 6.79. The topological polar surface area (TPSA) is 59.8 Å². The van der Waals surface area contributed by atoms with Crippen molar-refractivity contribution in [1.82, 2.24) is 14.8 Å². The number of hydrogen-bond acceptors (Lipinski definition) is 3. The molecule has 2 aromatic heterocycles. The average Bonchev–Trinajstić information content (AvgIpc) is 2.76. The molecule has 1 N–H and O–H groups in total. The number of amides is 1. The number of nitrogens with zero attached hydrogens (tertiary/aromatic N) is 3. The van der Waals surface area contributed by atoms with Crippen LogP contribution in [0.3, 0.4) is 0 Å². The van der Waals surface area contributed by atoms with E-state index in [0.29, 0.717) is 16.3 Å². The maximum Gasteiger partial charge on any atom is 0.257 e. The van der Waals surface area contributed by atoms with Crippen LogP contribution in [0.25, 0.3) is 11.0 Å². The van der Waals surface area contributed by atoms with Gasteiger partial charge in [-0.25, -0.2) is 4.98 Å². The summed E-state index contributed by atoms with van der Waals surface area (Å²) in [5.74, 6) is -0.249. The van der Waals surface area contributed by atoms with E-state index in [4.69, 9.17) is 11.6 Å². The van der Waals surface area contributed by atoms with Crippen molar-refractivity contribution in [2.24, 2.45) is 7.05 Å². The number of carbonyl (C=O) groups is 1. The molecule has 2 heterocycles. The second-order valence-corrected chi connectivity index (χ2v) is 5.15. The first-order valence-electron chi connectivity index (χ1n) is 6.41. The molecule has 0 saturated carbocycles. The summed E-state index contributed by atoms with van der Waals surface area (Å²) < 4.78 is 1.69. The predicted molar refractivity (Wildman–Crippen MR) is 82.7 cm³/mol. The number of halogens is 1. The Bertz CT molecular complexity index is 841. The van der Waals surface area contributed by atoms with Crippen LogP contribution in [0.2, 0.25) is 5.02 Å². The molecule has 5 nitrogen and oxygen atoms in total. The number of aromatic nitrogens is 3. The van der Waals surface area contributed by atoms with Gasteiger partial charge >= 0.3 is 0 Å². The Morgan fingerprint density at radius 2 is 2.10 bits per heavy atom. The second-order valence-electron chi connectivity index (χ2n) is 4.74. The highest BCUT2D eigenvalue weighted by atomic mass is 35.5. The first kappa shape index (κ1) is 13.6. The van der Waals surface area contributed by atoms with E-state index >= 15 is 0 Å². The van der Waals surface area contributed by atoms with E-state index in [1.54, 1.807) is 22.9 Å².